The average Bonchev–Trinajstić information content (AvgIpc) is 2.49. The maximum absolute atomic E-state index is 11.9. The van der Waals surface area contributed by atoms with E-state index in [1.54, 1.807) is 53.6 Å². The third kappa shape index (κ3) is 2.28. The second kappa shape index (κ2) is 4.86. The van der Waals surface area contributed by atoms with Crippen molar-refractivity contribution in [3.05, 3.63) is 77.7 Å². The topological polar surface area (TPSA) is 47.8 Å². The number of hydrogen-bond acceptors (Lipinski definition) is 3. The smallest absolute Gasteiger partial charge is 0.255 e. The van der Waals surface area contributed by atoms with E-state index in [1.165, 1.54) is 0 Å². The van der Waals surface area contributed by atoms with E-state index in [2.05, 4.69) is 9.97 Å². The van der Waals surface area contributed by atoms with Gasteiger partial charge in [-0.15, -0.1) is 0 Å². The summed E-state index contributed by atoms with van der Waals surface area (Å²) in [7, 11) is 0. The Morgan fingerprint density at radius 3 is 2.42 bits per heavy atom. The summed E-state index contributed by atoms with van der Waals surface area (Å²) in [4.78, 5) is 20.0. The lowest BCUT2D eigenvalue weighted by Crippen LogP contribution is -2.16. The first-order valence-corrected chi connectivity index (χ1v) is 5.88. The van der Waals surface area contributed by atoms with Gasteiger partial charge in [0.2, 0.25) is 0 Å². The van der Waals surface area contributed by atoms with Crippen molar-refractivity contribution in [2.45, 2.75) is 0 Å². The predicted octanol–water partition coefficient (Wildman–Crippen LogP) is 2.29. The maximum Gasteiger partial charge on any atom is 0.255 e. The van der Waals surface area contributed by atoms with E-state index in [0.29, 0.717) is 0 Å². The third-order valence-corrected chi connectivity index (χ3v) is 2.85. The highest BCUT2D eigenvalue weighted by molar-refractivity contribution is 5.61. The van der Waals surface area contributed by atoms with Crippen LogP contribution in [-0.2, 0) is 0 Å². The first-order valence-electron chi connectivity index (χ1n) is 5.88. The molecule has 3 rings (SSSR count). The van der Waals surface area contributed by atoms with Gasteiger partial charge in [-0.1, -0.05) is 6.07 Å². The van der Waals surface area contributed by atoms with Gasteiger partial charge in [0.05, 0.1) is 5.69 Å². The van der Waals surface area contributed by atoms with Crippen molar-refractivity contribution in [1.29, 1.82) is 0 Å². The predicted molar refractivity (Wildman–Crippen MR) is 73.1 cm³/mol. The number of nitrogens with zero attached hydrogens (tertiary/aromatic N) is 3. The molecule has 19 heavy (non-hydrogen) atoms. The van der Waals surface area contributed by atoms with Crippen LogP contribution >= 0.6 is 0 Å². The summed E-state index contributed by atoms with van der Waals surface area (Å²) in [5.74, 6) is 0. The zero-order valence-electron chi connectivity index (χ0n) is 10.1. The Morgan fingerprint density at radius 1 is 0.842 bits per heavy atom. The third-order valence-electron chi connectivity index (χ3n) is 2.85. The van der Waals surface area contributed by atoms with Crippen LogP contribution in [0, 0.1) is 0 Å². The normalized spacial score (nSPS) is 10.3. The van der Waals surface area contributed by atoms with E-state index in [9.17, 15) is 4.79 Å². The second-order valence-corrected chi connectivity index (χ2v) is 4.07. The van der Waals surface area contributed by atoms with Crippen LogP contribution in [0.1, 0.15) is 0 Å². The average molecular weight is 249 g/mol. The fourth-order valence-corrected chi connectivity index (χ4v) is 1.90. The Labute approximate surface area is 110 Å². The number of rotatable bonds is 2. The van der Waals surface area contributed by atoms with E-state index in [1.807, 2.05) is 18.3 Å². The Kier molecular flexibility index (Phi) is 2.90. The summed E-state index contributed by atoms with van der Waals surface area (Å²) >= 11 is 0. The van der Waals surface area contributed by atoms with Crippen LogP contribution in [0.15, 0.2) is 72.2 Å². The van der Waals surface area contributed by atoms with Gasteiger partial charge >= 0.3 is 0 Å². The highest BCUT2D eigenvalue weighted by atomic mass is 16.1. The van der Waals surface area contributed by atoms with E-state index >= 15 is 0 Å². The Morgan fingerprint density at radius 2 is 1.68 bits per heavy atom. The van der Waals surface area contributed by atoms with Crippen LogP contribution in [-0.4, -0.2) is 14.5 Å². The van der Waals surface area contributed by atoms with Gasteiger partial charge < -0.3 is 0 Å². The zero-order chi connectivity index (χ0) is 13.1. The van der Waals surface area contributed by atoms with Crippen LogP contribution in [0.3, 0.4) is 0 Å². The summed E-state index contributed by atoms with van der Waals surface area (Å²) in [6.07, 6.45) is 8.64. The lowest BCUT2D eigenvalue weighted by molar-refractivity contribution is 0.986. The van der Waals surface area contributed by atoms with Crippen LogP contribution in [0.2, 0.25) is 0 Å². The van der Waals surface area contributed by atoms with Crippen LogP contribution in [0.4, 0.5) is 0 Å². The van der Waals surface area contributed by atoms with Gasteiger partial charge in [0.15, 0.2) is 0 Å². The van der Waals surface area contributed by atoms with Crippen molar-refractivity contribution in [2.24, 2.45) is 0 Å². The largest absolute Gasteiger partial charge is 0.284 e. The minimum absolute atomic E-state index is 0.0705. The minimum Gasteiger partial charge on any atom is -0.284 e. The Hall–Kier alpha value is -2.75. The molecule has 0 unspecified atom stereocenters. The number of pyridine rings is 3. The molecule has 0 saturated carbocycles. The molecule has 0 aromatic carbocycles. The van der Waals surface area contributed by atoms with Gasteiger partial charge in [0.25, 0.3) is 5.56 Å². The molecule has 0 aliphatic carbocycles. The van der Waals surface area contributed by atoms with Gasteiger partial charge in [0.1, 0.15) is 0 Å². The van der Waals surface area contributed by atoms with Crippen LogP contribution < -0.4 is 5.56 Å². The van der Waals surface area contributed by atoms with Crippen LogP contribution in [0.5, 0.6) is 0 Å². The molecule has 0 atom stereocenters. The molecular formula is C15H11N3O. The molecule has 92 valence electrons. The number of aromatic nitrogens is 3. The van der Waals surface area contributed by atoms with E-state index in [4.69, 9.17) is 0 Å². The Bertz CT molecular complexity index is 736. The lowest BCUT2D eigenvalue weighted by atomic mass is 10.1. The standard InChI is InChI=1S/C15H11N3O/c19-15-4-3-13(12-2-1-7-17-10-12)11-18(15)14-5-8-16-9-6-14/h1-11H. The summed E-state index contributed by atoms with van der Waals surface area (Å²) < 4.78 is 1.60. The highest BCUT2D eigenvalue weighted by Crippen LogP contribution is 2.17. The molecule has 0 bridgehead atoms. The van der Waals surface area contributed by atoms with Crippen molar-refractivity contribution in [2.75, 3.05) is 0 Å². The fourth-order valence-electron chi connectivity index (χ4n) is 1.90. The maximum atomic E-state index is 11.9. The number of hydrogen-bond donors (Lipinski definition) is 0. The molecule has 4 nitrogen and oxygen atoms in total. The molecule has 0 saturated heterocycles. The Balaban J connectivity index is 2.15. The fraction of sp³-hybridized carbons (Fsp3) is 0. The molecule has 3 aromatic heterocycles. The van der Waals surface area contributed by atoms with E-state index in [0.717, 1.165) is 16.8 Å². The second-order valence-electron chi connectivity index (χ2n) is 4.07. The molecule has 4 heteroatoms. The molecule has 0 amide bonds. The van der Waals surface area contributed by atoms with Gasteiger partial charge in [-0.3, -0.25) is 19.3 Å². The van der Waals surface area contributed by atoms with Crippen molar-refractivity contribution < 1.29 is 0 Å². The minimum atomic E-state index is -0.0705. The van der Waals surface area contributed by atoms with Crippen molar-refractivity contribution in [1.82, 2.24) is 14.5 Å². The van der Waals surface area contributed by atoms with Crippen molar-refractivity contribution in [3.8, 4) is 16.8 Å². The molecular weight excluding hydrogens is 238 g/mol. The monoisotopic (exact) mass is 249 g/mol. The lowest BCUT2D eigenvalue weighted by Gasteiger charge is -2.07. The zero-order valence-corrected chi connectivity index (χ0v) is 10.1. The van der Waals surface area contributed by atoms with Crippen molar-refractivity contribution in [3.63, 3.8) is 0 Å². The quantitative estimate of drug-likeness (QED) is 0.700. The van der Waals surface area contributed by atoms with Crippen molar-refractivity contribution >= 4 is 0 Å². The van der Waals surface area contributed by atoms with Crippen LogP contribution in [0.25, 0.3) is 16.8 Å². The summed E-state index contributed by atoms with van der Waals surface area (Å²) in [5.41, 5.74) is 2.65. The molecule has 0 aliphatic rings. The van der Waals surface area contributed by atoms with Gasteiger partial charge in [0, 0.05) is 48.2 Å². The first kappa shape index (κ1) is 11.3. The first-order chi connectivity index (χ1) is 9.34. The molecule has 3 heterocycles. The molecule has 0 fully saturated rings. The molecule has 0 N–H and O–H groups in total. The summed E-state index contributed by atoms with van der Waals surface area (Å²) in [5, 5.41) is 0. The molecule has 0 aliphatic heterocycles. The van der Waals surface area contributed by atoms with Gasteiger partial charge in [-0.05, 0) is 24.3 Å². The SMILES string of the molecule is O=c1ccc(-c2cccnc2)cn1-c1ccncc1. The summed E-state index contributed by atoms with van der Waals surface area (Å²) in [6.45, 7) is 0. The summed E-state index contributed by atoms with van der Waals surface area (Å²) in [6, 6.07) is 10.8. The molecule has 0 spiro atoms. The molecule has 0 radical (unpaired) electrons. The van der Waals surface area contributed by atoms with E-state index in [-0.39, 0.29) is 5.56 Å². The molecule has 3 aromatic rings. The van der Waals surface area contributed by atoms with Gasteiger partial charge in [-0.2, -0.15) is 0 Å². The van der Waals surface area contributed by atoms with E-state index < -0.39 is 0 Å². The highest BCUT2D eigenvalue weighted by Gasteiger charge is 2.03. The van der Waals surface area contributed by atoms with Gasteiger partial charge in [-0.25, -0.2) is 0 Å².